The highest BCUT2D eigenvalue weighted by molar-refractivity contribution is 6.99. The van der Waals surface area contributed by atoms with Crippen molar-refractivity contribution in [2.24, 2.45) is 0 Å². The molecule has 0 atom stereocenters. The zero-order valence-electron chi connectivity index (χ0n) is 17.5. The molecular weight excluding hydrogens is 375 g/mol. The molecule has 0 aliphatic carbocycles. The SMILES string of the molecule is CC1(C)c2ccccc2B2c3ccc(C#N)cc3-n3c4ccccc4c4ccc1c2c43. The maximum Gasteiger partial charge on any atom is 0.247 e. The Balaban J connectivity index is 1.78. The Bertz CT molecular complexity index is 1630. The molecule has 5 aromatic rings. The quantitative estimate of drug-likeness (QED) is 0.356. The molecule has 144 valence electrons. The monoisotopic (exact) mass is 394 g/mol. The molecule has 0 fully saturated rings. The number of fused-ring (bicyclic) bond motifs is 8. The van der Waals surface area contributed by atoms with E-state index in [1.54, 1.807) is 0 Å². The minimum absolute atomic E-state index is 0.0675. The number of nitrogens with zero attached hydrogens (tertiary/aromatic N) is 2. The van der Waals surface area contributed by atoms with E-state index >= 15 is 0 Å². The van der Waals surface area contributed by atoms with E-state index in [4.69, 9.17) is 0 Å². The fourth-order valence-electron chi connectivity index (χ4n) is 6.16. The summed E-state index contributed by atoms with van der Waals surface area (Å²) in [5.41, 5.74) is 11.2. The highest BCUT2D eigenvalue weighted by atomic mass is 15.0. The number of aromatic nitrogens is 1. The Labute approximate surface area is 181 Å². The summed E-state index contributed by atoms with van der Waals surface area (Å²) < 4.78 is 2.40. The van der Waals surface area contributed by atoms with Crippen molar-refractivity contribution in [3.05, 3.63) is 95.6 Å². The fourth-order valence-corrected chi connectivity index (χ4v) is 6.16. The lowest BCUT2D eigenvalue weighted by Crippen LogP contribution is -2.63. The molecule has 7 rings (SSSR count). The molecule has 0 saturated carbocycles. The second-order valence-electron chi connectivity index (χ2n) is 9.31. The molecule has 3 heteroatoms. The largest absolute Gasteiger partial charge is 0.310 e. The minimum atomic E-state index is -0.0675. The van der Waals surface area contributed by atoms with Gasteiger partial charge in [0.15, 0.2) is 0 Å². The Morgan fingerprint density at radius 1 is 0.806 bits per heavy atom. The second-order valence-corrected chi connectivity index (χ2v) is 9.31. The molecule has 0 unspecified atom stereocenters. The van der Waals surface area contributed by atoms with E-state index in [1.165, 1.54) is 49.3 Å². The van der Waals surface area contributed by atoms with Gasteiger partial charge in [0.25, 0.3) is 0 Å². The standard InChI is InChI=1S/C28H19BN2/c1-28(2)20-8-4-5-9-22(20)29-23-14-11-17(16-30)15-25(23)31-24-10-6-3-7-18(24)19-12-13-21(28)26(29)27(19)31/h3-15H,1-2H3. The molecule has 2 aliphatic heterocycles. The van der Waals surface area contributed by atoms with Gasteiger partial charge in [-0.1, -0.05) is 80.0 Å². The van der Waals surface area contributed by atoms with Crippen LogP contribution in [0.4, 0.5) is 0 Å². The van der Waals surface area contributed by atoms with Gasteiger partial charge in [-0.2, -0.15) is 5.26 Å². The van der Waals surface area contributed by atoms with Crippen LogP contribution >= 0.6 is 0 Å². The molecule has 3 heterocycles. The van der Waals surface area contributed by atoms with Crippen LogP contribution in [0.2, 0.25) is 0 Å². The summed E-state index contributed by atoms with van der Waals surface area (Å²) in [4.78, 5) is 0. The van der Waals surface area contributed by atoms with E-state index < -0.39 is 0 Å². The number of hydrogen-bond donors (Lipinski definition) is 0. The van der Waals surface area contributed by atoms with Crippen LogP contribution in [0.1, 0.15) is 30.5 Å². The van der Waals surface area contributed by atoms with E-state index in [0.717, 1.165) is 5.69 Å². The molecule has 0 bridgehead atoms. The molecule has 4 aromatic carbocycles. The summed E-state index contributed by atoms with van der Waals surface area (Å²) in [6.45, 7) is 4.88. The number of para-hydroxylation sites is 1. The van der Waals surface area contributed by atoms with E-state index in [0.29, 0.717) is 5.56 Å². The second kappa shape index (κ2) is 5.48. The summed E-state index contributed by atoms with van der Waals surface area (Å²) in [6, 6.07) is 30.8. The number of benzene rings is 4. The summed E-state index contributed by atoms with van der Waals surface area (Å²) >= 11 is 0. The first-order valence-corrected chi connectivity index (χ1v) is 10.8. The predicted molar refractivity (Wildman–Crippen MR) is 129 cm³/mol. The Morgan fingerprint density at radius 3 is 2.48 bits per heavy atom. The molecule has 0 amide bonds. The van der Waals surface area contributed by atoms with Crippen LogP contribution in [0.5, 0.6) is 0 Å². The van der Waals surface area contributed by atoms with Crippen LogP contribution in [0, 0.1) is 11.3 Å². The maximum atomic E-state index is 9.64. The zero-order valence-corrected chi connectivity index (χ0v) is 17.5. The normalized spacial score (nSPS) is 14.9. The lowest BCUT2D eigenvalue weighted by molar-refractivity contribution is 0.646. The first kappa shape index (κ1) is 17.0. The highest BCUT2D eigenvalue weighted by Crippen LogP contribution is 2.40. The molecule has 0 saturated heterocycles. The first-order chi connectivity index (χ1) is 15.1. The molecule has 31 heavy (non-hydrogen) atoms. The van der Waals surface area contributed by atoms with Gasteiger partial charge in [0.05, 0.1) is 17.1 Å². The first-order valence-electron chi connectivity index (χ1n) is 10.8. The third-order valence-electron chi connectivity index (χ3n) is 7.49. The van der Waals surface area contributed by atoms with Gasteiger partial charge < -0.3 is 4.57 Å². The Kier molecular flexibility index (Phi) is 3.00. The molecule has 0 spiro atoms. The predicted octanol–water partition coefficient (Wildman–Crippen LogP) is 4.12. The topological polar surface area (TPSA) is 28.7 Å². The summed E-state index contributed by atoms with van der Waals surface area (Å²) in [7, 11) is 0. The van der Waals surface area contributed by atoms with Crippen molar-refractivity contribution < 1.29 is 0 Å². The van der Waals surface area contributed by atoms with Gasteiger partial charge in [-0.3, -0.25) is 0 Å². The number of hydrogen-bond acceptors (Lipinski definition) is 1. The Morgan fingerprint density at radius 2 is 1.61 bits per heavy atom. The van der Waals surface area contributed by atoms with Gasteiger partial charge in [-0.05, 0) is 40.3 Å². The molecule has 0 N–H and O–H groups in total. The van der Waals surface area contributed by atoms with Crippen LogP contribution in [0.3, 0.4) is 0 Å². The highest BCUT2D eigenvalue weighted by Gasteiger charge is 2.44. The molecular formula is C28H19BN2. The molecule has 0 radical (unpaired) electrons. The summed E-state index contributed by atoms with van der Waals surface area (Å²) in [5.74, 6) is 0. The lowest BCUT2D eigenvalue weighted by Gasteiger charge is -2.41. The fraction of sp³-hybridized carbons (Fsp3) is 0.107. The van der Waals surface area contributed by atoms with Gasteiger partial charge in [0.2, 0.25) is 6.71 Å². The van der Waals surface area contributed by atoms with E-state index in [1.807, 2.05) is 6.07 Å². The molecule has 1 aromatic heterocycles. The van der Waals surface area contributed by atoms with Crippen LogP contribution in [0.15, 0.2) is 78.9 Å². The average Bonchev–Trinajstić information content (AvgIpc) is 3.15. The van der Waals surface area contributed by atoms with E-state index in [-0.39, 0.29) is 12.1 Å². The van der Waals surface area contributed by atoms with Gasteiger partial charge >= 0.3 is 0 Å². The van der Waals surface area contributed by atoms with Gasteiger partial charge in [0, 0.05) is 27.4 Å². The smallest absolute Gasteiger partial charge is 0.247 e. The van der Waals surface area contributed by atoms with Gasteiger partial charge in [-0.25, -0.2) is 0 Å². The third-order valence-corrected chi connectivity index (χ3v) is 7.49. The van der Waals surface area contributed by atoms with Gasteiger partial charge in [-0.15, -0.1) is 0 Å². The van der Waals surface area contributed by atoms with Crippen LogP contribution < -0.4 is 16.4 Å². The number of nitriles is 1. The molecule has 2 aliphatic rings. The van der Waals surface area contributed by atoms with Crippen molar-refractivity contribution in [2.75, 3.05) is 0 Å². The third kappa shape index (κ3) is 1.89. The average molecular weight is 394 g/mol. The van der Waals surface area contributed by atoms with Gasteiger partial charge in [0.1, 0.15) is 0 Å². The van der Waals surface area contributed by atoms with Crippen molar-refractivity contribution in [2.45, 2.75) is 19.3 Å². The van der Waals surface area contributed by atoms with E-state index in [9.17, 15) is 5.26 Å². The van der Waals surface area contributed by atoms with Crippen LogP contribution in [-0.2, 0) is 5.41 Å². The summed E-state index contributed by atoms with van der Waals surface area (Å²) in [6.07, 6.45) is 0. The Hall–Kier alpha value is -3.77. The molecule has 2 nitrogen and oxygen atoms in total. The van der Waals surface area contributed by atoms with Crippen molar-refractivity contribution >= 4 is 44.9 Å². The summed E-state index contributed by atoms with van der Waals surface area (Å²) in [5, 5.41) is 12.2. The van der Waals surface area contributed by atoms with Crippen molar-refractivity contribution in [3.63, 3.8) is 0 Å². The number of rotatable bonds is 0. The van der Waals surface area contributed by atoms with Crippen molar-refractivity contribution in [3.8, 4) is 11.8 Å². The minimum Gasteiger partial charge on any atom is -0.310 e. The lowest BCUT2D eigenvalue weighted by atomic mass is 9.30. The van der Waals surface area contributed by atoms with E-state index in [2.05, 4.69) is 97.3 Å². The van der Waals surface area contributed by atoms with Crippen molar-refractivity contribution in [1.82, 2.24) is 4.57 Å². The maximum absolute atomic E-state index is 9.64. The van der Waals surface area contributed by atoms with Crippen LogP contribution in [0.25, 0.3) is 27.5 Å². The van der Waals surface area contributed by atoms with Crippen molar-refractivity contribution in [1.29, 1.82) is 5.26 Å². The zero-order chi connectivity index (χ0) is 20.9. The van der Waals surface area contributed by atoms with Crippen LogP contribution in [-0.4, -0.2) is 11.3 Å².